The Morgan fingerprint density at radius 2 is 1.78 bits per heavy atom. The Balaban J connectivity index is 1.47. The first kappa shape index (κ1) is 22.1. The van der Waals surface area contributed by atoms with E-state index in [9.17, 15) is 22.8 Å². The Morgan fingerprint density at radius 1 is 1.00 bits per heavy atom. The second-order valence-corrected chi connectivity index (χ2v) is 8.35. The standard InChI is InChI=1S/C25H25F3N2O2/c26-25(27,28)22-15-14-20(24(32)30-22)23(31)29-21-11-5-9-18-17(8-4-10-19(18)21)13-12-16-6-2-1-3-7-16/h1-4,6-8,10,12-13,20-22H,5,9,11,14-15H2,(H,29,31)(H,30,32)/b13-12+. The number of halogens is 3. The molecule has 1 fully saturated rings. The topological polar surface area (TPSA) is 58.2 Å². The van der Waals surface area contributed by atoms with Crippen molar-refractivity contribution < 1.29 is 22.8 Å². The number of nitrogens with one attached hydrogen (secondary N) is 2. The summed E-state index contributed by atoms with van der Waals surface area (Å²) < 4.78 is 38.6. The minimum absolute atomic E-state index is 0.110. The van der Waals surface area contributed by atoms with Gasteiger partial charge in [-0.3, -0.25) is 9.59 Å². The Hall–Kier alpha value is -3.09. The SMILES string of the molecule is O=C(NC1CCCc2c(/C=C/c3ccccc3)cccc21)C1CCC(C(F)(F)F)NC1=O. The second kappa shape index (κ2) is 9.18. The average Bonchev–Trinajstić information content (AvgIpc) is 2.78. The Labute approximate surface area is 184 Å². The van der Waals surface area contributed by atoms with Crippen molar-refractivity contribution in [3.05, 3.63) is 70.8 Å². The molecular weight excluding hydrogens is 417 g/mol. The number of carbonyl (C=O) groups is 2. The zero-order chi connectivity index (χ0) is 22.7. The van der Waals surface area contributed by atoms with Gasteiger partial charge in [0, 0.05) is 0 Å². The molecule has 2 N–H and O–H groups in total. The van der Waals surface area contributed by atoms with Crippen LogP contribution in [-0.4, -0.2) is 24.0 Å². The number of rotatable bonds is 4. The van der Waals surface area contributed by atoms with Gasteiger partial charge in [0.25, 0.3) is 0 Å². The monoisotopic (exact) mass is 442 g/mol. The molecule has 168 valence electrons. The molecule has 0 spiro atoms. The smallest absolute Gasteiger partial charge is 0.349 e. The first-order chi connectivity index (χ1) is 15.3. The van der Waals surface area contributed by atoms with E-state index in [-0.39, 0.29) is 18.9 Å². The van der Waals surface area contributed by atoms with Crippen LogP contribution in [0, 0.1) is 5.92 Å². The molecule has 7 heteroatoms. The highest BCUT2D eigenvalue weighted by Gasteiger charge is 2.46. The average molecular weight is 442 g/mol. The molecule has 0 saturated carbocycles. The van der Waals surface area contributed by atoms with Gasteiger partial charge in [-0.15, -0.1) is 0 Å². The van der Waals surface area contributed by atoms with Crippen LogP contribution in [0.2, 0.25) is 0 Å². The van der Waals surface area contributed by atoms with Gasteiger partial charge in [0.1, 0.15) is 12.0 Å². The summed E-state index contributed by atoms with van der Waals surface area (Å²) in [6, 6.07) is 13.8. The number of alkyl halides is 3. The normalized spacial score (nSPS) is 23.5. The van der Waals surface area contributed by atoms with Crippen LogP contribution in [0.4, 0.5) is 13.2 Å². The minimum Gasteiger partial charge on any atom is -0.349 e. The van der Waals surface area contributed by atoms with E-state index in [0.29, 0.717) is 0 Å². The van der Waals surface area contributed by atoms with Crippen LogP contribution in [0.3, 0.4) is 0 Å². The van der Waals surface area contributed by atoms with Gasteiger partial charge in [0.05, 0.1) is 6.04 Å². The Bertz CT molecular complexity index is 1020. The number of fused-ring (bicyclic) bond motifs is 1. The van der Waals surface area contributed by atoms with Crippen LogP contribution in [0.15, 0.2) is 48.5 Å². The molecule has 2 aromatic rings. The fourth-order valence-electron chi connectivity index (χ4n) is 4.51. The highest BCUT2D eigenvalue weighted by molar-refractivity contribution is 6.01. The van der Waals surface area contributed by atoms with Crippen LogP contribution in [0.25, 0.3) is 12.2 Å². The van der Waals surface area contributed by atoms with Crippen LogP contribution in [-0.2, 0) is 16.0 Å². The highest BCUT2D eigenvalue weighted by Crippen LogP contribution is 2.34. The number of hydrogen-bond acceptors (Lipinski definition) is 2. The summed E-state index contributed by atoms with van der Waals surface area (Å²) in [6.45, 7) is 0. The highest BCUT2D eigenvalue weighted by atomic mass is 19.4. The first-order valence-corrected chi connectivity index (χ1v) is 10.9. The van der Waals surface area contributed by atoms with Crippen LogP contribution in [0.1, 0.15) is 54.0 Å². The van der Waals surface area contributed by atoms with Gasteiger partial charge in [-0.2, -0.15) is 13.2 Å². The molecule has 32 heavy (non-hydrogen) atoms. The summed E-state index contributed by atoms with van der Waals surface area (Å²) in [6.07, 6.45) is 1.69. The molecule has 1 saturated heterocycles. The molecule has 2 aliphatic rings. The van der Waals surface area contributed by atoms with Crippen molar-refractivity contribution in [2.24, 2.45) is 5.92 Å². The van der Waals surface area contributed by atoms with Crippen molar-refractivity contribution in [3.8, 4) is 0 Å². The Kier molecular flexibility index (Phi) is 6.35. The van der Waals surface area contributed by atoms with Crippen molar-refractivity contribution in [3.63, 3.8) is 0 Å². The van der Waals surface area contributed by atoms with E-state index in [1.165, 1.54) is 0 Å². The quantitative estimate of drug-likeness (QED) is 0.528. The van der Waals surface area contributed by atoms with Gasteiger partial charge in [-0.1, -0.05) is 60.7 Å². The summed E-state index contributed by atoms with van der Waals surface area (Å²) >= 11 is 0. The van der Waals surface area contributed by atoms with E-state index in [2.05, 4.69) is 11.4 Å². The molecule has 2 aromatic carbocycles. The predicted molar refractivity (Wildman–Crippen MR) is 116 cm³/mol. The third kappa shape index (κ3) is 4.87. The maximum Gasteiger partial charge on any atom is 0.408 e. The lowest BCUT2D eigenvalue weighted by Crippen LogP contribution is -2.54. The van der Waals surface area contributed by atoms with Crippen molar-refractivity contribution >= 4 is 24.0 Å². The summed E-state index contributed by atoms with van der Waals surface area (Å²) in [5.74, 6) is -2.46. The molecular formula is C25H25F3N2O2. The zero-order valence-electron chi connectivity index (χ0n) is 17.5. The fraction of sp³-hybridized carbons (Fsp3) is 0.360. The van der Waals surface area contributed by atoms with Crippen LogP contribution >= 0.6 is 0 Å². The van der Waals surface area contributed by atoms with Gasteiger partial charge in [0.2, 0.25) is 11.8 Å². The third-order valence-electron chi connectivity index (χ3n) is 6.20. The number of benzene rings is 2. The molecule has 3 atom stereocenters. The maximum atomic E-state index is 12.9. The molecule has 3 unspecified atom stereocenters. The van der Waals surface area contributed by atoms with Gasteiger partial charge in [-0.05, 0) is 54.4 Å². The van der Waals surface area contributed by atoms with Crippen LogP contribution < -0.4 is 10.6 Å². The first-order valence-electron chi connectivity index (χ1n) is 10.9. The predicted octanol–water partition coefficient (Wildman–Crippen LogP) is 4.81. The molecule has 1 aliphatic heterocycles. The lowest BCUT2D eigenvalue weighted by atomic mass is 9.84. The molecule has 0 bridgehead atoms. The van der Waals surface area contributed by atoms with E-state index in [1.807, 2.05) is 59.9 Å². The minimum atomic E-state index is -4.50. The molecule has 2 amide bonds. The Morgan fingerprint density at radius 3 is 2.50 bits per heavy atom. The van der Waals surface area contributed by atoms with Crippen molar-refractivity contribution in [1.29, 1.82) is 0 Å². The van der Waals surface area contributed by atoms with E-state index in [1.54, 1.807) is 0 Å². The van der Waals surface area contributed by atoms with Gasteiger partial charge >= 0.3 is 6.18 Å². The summed E-state index contributed by atoms with van der Waals surface area (Å²) in [7, 11) is 0. The van der Waals surface area contributed by atoms with Crippen molar-refractivity contribution in [2.75, 3.05) is 0 Å². The largest absolute Gasteiger partial charge is 0.408 e. The van der Waals surface area contributed by atoms with E-state index < -0.39 is 30.0 Å². The van der Waals surface area contributed by atoms with Gasteiger partial charge in [-0.25, -0.2) is 0 Å². The maximum absolute atomic E-state index is 12.9. The molecule has 0 radical (unpaired) electrons. The van der Waals surface area contributed by atoms with Gasteiger partial charge in [0.15, 0.2) is 0 Å². The third-order valence-corrected chi connectivity index (χ3v) is 6.20. The lowest BCUT2D eigenvalue weighted by molar-refractivity contribution is -0.171. The molecule has 1 heterocycles. The lowest BCUT2D eigenvalue weighted by Gasteiger charge is -2.32. The number of piperidine rings is 1. The number of carbonyl (C=O) groups excluding carboxylic acids is 2. The van der Waals surface area contributed by atoms with E-state index in [4.69, 9.17) is 0 Å². The molecule has 4 rings (SSSR count). The molecule has 0 aromatic heterocycles. The van der Waals surface area contributed by atoms with Crippen LogP contribution in [0.5, 0.6) is 0 Å². The van der Waals surface area contributed by atoms with Crippen molar-refractivity contribution in [2.45, 2.75) is 50.4 Å². The summed E-state index contributed by atoms with van der Waals surface area (Å²) in [5, 5.41) is 4.88. The van der Waals surface area contributed by atoms with E-state index >= 15 is 0 Å². The zero-order valence-corrected chi connectivity index (χ0v) is 17.5. The fourth-order valence-corrected chi connectivity index (χ4v) is 4.51. The number of amides is 2. The van der Waals surface area contributed by atoms with E-state index in [0.717, 1.165) is 41.5 Å². The molecule has 4 nitrogen and oxygen atoms in total. The summed E-state index contributed by atoms with van der Waals surface area (Å²) in [5.41, 5.74) is 4.32. The van der Waals surface area contributed by atoms with Crippen molar-refractivity contribution in [1.82, 2.24) is 10.6 Å². The molecule has 1 aliphatic carbocycles. The number of hydrogen-bond donors (Lipinski definition) is 2. The van der Waals surface area contributed by atoms with Gasteiger partial charge < -0.3 is 10.6 Å². The summed E-state index contributed by atoms with van der Waals surface area (Å²) in [4.78, 5) is 24.9. The second-order valence-electron chi connectivity index (χ2n) is 8.35.